The highest BCUT2D eigenvalue weighted by molar-refractivity contribution is 4.96. The molecular formula is C13H24N2O2. The van der Waals surface area contributed by atoms with Gasteiger partial charge < -0.3 is 14.8 Å². The van der Waals surface area contributed by atoms with E-state index < -0.39 is 0 Å². The van der Waals surface area contributed by atoms with Gasteiger partial charge in [0.25, 0.3) is 0 Å². The fourth-order valence-corrected chi connectivity index (χ4v) is 3.68. The van der Waals surface area contributed by atoms with Crippen molar-refractivity contribution < 1.29 is 9.47 Å². The maximum absolute atomic E-state index is 5.89. The number of rotatable bonds is 2. The molecule has 1 spiro atoms. The maximum Gasteiger partial charge on any atom is 0.170 e. The van der Waals surface area contributed by atoms with Gasteiger partial charge >= 0.3 is 0 Å². The van der Waals surface area contributed by atoms with Crippen molar-refractivity contribution in [1.29, 1.82) is 0 Å². The molecule has 0 amide bonds. The zero-order chi connectivity index (χ0) is 11.7. The van der Waals surface area contributed by atoms with Gasteiger partial charge in [0.05, 0.1) is 13.2 Å². The molecule has 98 valence electrons. The molecule has 2 aliphatic heterocycles. The fourth-order valence-electron chi connectivity index (χ4n) is 3.68. The third-order valence-corrected chi connectivity index (χ3v) is 4.61. The standard InChI is InChI=1S/C13H24N2O2/c1-14-11-4-5-13(16-8-9-17-13)10-12(11)15-6-2-3-7-15/h11-12,14H,2-10H2,1H3. The molecule has 0 aromatic rings. The number of ether oxygens (including phenoxy) is 2. The van der Waals surface area contributed by atoms with Crippen molar-refractivity contribution in [3.05, 3.63) is 0 Å². The molecule has 2 saturated heterocycles. The Kier molecular flexibility index (Phi) is 3.39. The number of likely N-dealkylation sites (tertiary alicyclic amines) is 1. The summed E-state index contributed by atoms with van der Waals surface area (Å²) >= 11 is 0. The highest BCUT2D eigenvalue weighted by Crippen LogP contribution is 2.38. The predicted octanol–water partition coefficient (Wildman–Crippen LogP) is 0.966. The summed E-state index contributed by atoms with van der Waals surface area (Å²) in [5.41, 5.74) is 0. The van der Waals surface area contributed by atoms with Crippen LogP contribution in [0.1, 0.15) is 32.1 Å². The van der Waals surface area contributed by atoms with Gasteiger partial charge in [0, 0.05) is 24.9 Å². The average molecular weight is 240 g/mol. The van der Waals surface area contributed by atoms with E-state index in [0.29, 0.717) is 12.1 Å². The first-order valence-corrected chi connectivity index (χ1v) is 7.02. The second-order valence-electron chi connectivity index (χ2n) is 5.56. The molecule has 1 N–H and O–H groups in total. The van der Waals surface area contributed by atoms with Crippen LogP contribution in [-0.2, 0) is 9.47 Å². The second-order valence-corrected chi connectivity index (χ2v) is 5.56. The SMILES string of the molecule is CNC1CCC2(CC1N1CCCC1)OCCO2. The van der Waals surface area contributed by atoms with E-state index in [1.54, 1.807) is 0 Å². The lowest BCUT2D eigenvalue weighted by Gasteiger charge is -2.44. The van der Waals surface area contributed by atoms with Crippen LogP contribution < -0.4 is 5.32 Å². The molecule has 1 saturated carbocycles. The zero-order valence-corrected chi connectivity index (χ0v) is 10.8. The molecule has 17 heavy (non-hydrogen) atoms. The van der Waals surface area contributed by atoms with Crippen LogP contribution in [0, 0.1) is 0 Å². The lowest BCUT2D eigenvalue weighted by atomic mass is 9.85. The maximum atomic E-state index is 5.89. The first-order chi connectivity index (χ1) is 8.33. The molecule has 2 atom stereocenters. The first kappa shape index (κ1) is 11.9. The van der Waals surface area contributed by atoms with E-state index in [-0.39, 0.29) is 5.79 Å². The Hall–Kier alpha value is -0.160. The van der Waals surface area contributed by atoms with Crippen molar-refractivity contribution in [2.45, 2.75) is 50.0 Å². The van der Waals surface area contributed by atoms with Crippen LogP contribution >= 0.6 is 0 Å². The molecule has 0 aromatic carbocycles. The number of hydrogen-bond donors (Lipinski definition) is 1. The third-order valence-electron chi connectivity index (χ3n) is 4.61. The van der Waals surface area contributed by atoms with E-state index in [9.17, 15) is 0 Å². The van der Waals surface area contributed by atoms with Crippen LogP contribution in [-0.4, -0.2) is 56.1 Å². The monoisotopic (exact) mass is 240 g/mol. The van der Waals surface area contributed by atoms with Gasteiger partial charge in [0.1, 0.15) is 0 Å². The van der Waals surface area contributed by atoms with Gasteiger partial charge in [-0.25, -0.2) is 0 Å². The van der Waals surface area contributed by atoms with E-state index in [4.69, 9.17) is 9.47 Å². The Balaban J connectivity index is 1.72. The van der Waals surface area contributed by atoms with Crippen LogP contribution in [0.2, 0.25) is 0 Å². The molecule has 0 radical (unpaired) electrons. The summed E-state index contributed by atoms with van der Waals surface area (Å²) in [7, 11) is 2.09. The van der Waals surface area contributed by atoms with Crippen molar-refractivity contribution in [2.75, 3.05) is 33.4 Å². The van der Waals surface area contributed by atoms with E-state index in [2.05, 4.69) is 17.3 Å². The number of likely N-dealkylation sites (N-methyl/N-ethyl adjacent to an activating group) is 1. The highest BCUT2D eigenvalue weighted by atomic mass is 16.7. The van der Waals surface area contributed by atoms with Gasteiger partial charge in [-0.05, 0) is 39.4 Å². The third kappa shape index (κ3) is 2.24. The van der Waals surface area contributed by atoms with E-state index in [1.165, 1.54) is 25.9 Å². The first-order valence-electron chi connectivity index (χ1n) is 7.02. The lowest BCUT2D eigenvalue weighted by Crippen LogP contribution is -2.56. The van der Waals surface area contributed by atoms with Gasteiger partial charge in [-0.2, -0.15) is 0 Å². The Morgan fingerprint density at radius 3 is 2.53 bits per heavy atom. The summed E-state index contributed by atoms with van der Waals surface area (Å²) in [6, 6.07) is 1.20. The number of nitrogens with zero attached hydrogens (tertiary/aromatic N) is 1. The van der Waals surface area contributed by atoms with Crippen molar-refractivity contribution >= 4 is 0 Å². The molecule has 0 bridgehead atoms. The minimum Gasteiger partial charge on any atom is -0.347 e. The summed E-state index contributed by atoms with van der Waals surface area (Å²) < 4.78 is 11.8. The summed E-state index contributed by atoms with van der Waals surface area (Å²) in [6.07, 6.45) is 5.95. The van der Waals surface area contributed by atoms with Crippen LogP contribution in [0.5, 0.6) is 0 Å². The van der Waals surface area contributed by atoms with Crippen molar-refractivity contribution in [1.82, 2.24) is 10.2 Å². The number of hydrogen-bond acceptors (Lipinski definition) is 4. The second kappa shape index (κ2) is 4.84. The van der Waals surface area contributed by atoms with Gasteiger partial charge in [0.15, 0.2) is 5.79 Å². The number of nitrogens with one attached hydrogen (secondary N) is 1. The van der Waals surface area contributed by atoms with Gasteiger partial charge in [-0.1, -0.05) is 0 Å². The molecule has 1 aliphatic carbocycles. The highest BCUT2D eigenvalue weighted by Gasteiger charge is 2.46. The van der Waals surface area contributed by atoms with Crippen LogP contribution in [0.25, 0.3) is 0 Å². The Bertz CT molecular complexity index is 258. The average Bonchev–Trinajstić information content (AvgIpc) is 3.00. The minimum absolute atomic E-state index is 0.249. The molecule has 4 nitrogen and oxygen atoms in total. The smallest absolute Gasteiger partial charge is 0.170 e. The quantitative estimate of drug-likeness (QED) is 0.780. The van der Waals surface area contributed by atoms with E-state index >= 15 is 0 Å². The fraction of sp³-hybridized carbons (Fsp3) is 1.00. The summed E-state index contributed by atoms with van der Waals surface area (Å²) in [6.45, 7) is 4.05. The minimum atomic E-state index is -0.249. The molecule has 3 aliphatic rings. The molecule has 2 unspecified atom stereocenters. The molecule has 0 aromatic heterocycles. The van der Waals surface area contributed by atoms with Crippen molar-refractivity contribution in [3.63, 3.8) is 0 Å². The van der Waals surface area contributed by atoms with E-state index in [1.807, 2.05) is 0 Å². The topological polar surface area (TPSA) is 33.7 Å². The molecule has 2 heterocycles. The lowest BCUT2D eigenvalue weighted by molar-refractivity contribution is -0.192. The van der Waals surface area contributed by atoms with Crippen LogP contribution in [0.3, 0.4) is 0 Å². The van der Waals surface area contributed by atoms with Gasteiger partial charge in [-0.15, -0.1) is 0 Å². The summed E-state index contributed by atoms with van der Waals surface area (Å²) in [4.78, 5) is 2.63. The van der Waals surface area contributed by atoms with Crippen molar-refractivity contribution in [3.8, 4) is 0 Å². The van der Waals surface area contributed by atoms with Crippen LogP contribution in [0.15, 0.2) is 0 Å². The predicted molar refractivity (Wildman–Crippen MR) is 65.9 cm³/mol. The Labute approximate surface area is 104 Å². The largest absolute Gasteiger partial charge is 0.347 e. The van der Waals surface area contributed by atoms with E-state index in [0.717, 1.165) is 32.5 Å². The summed E-state index contributed by atoms with van der Waals surface area (Å²) in [5.74, 6) is -0.249. The van der Waals surface area contributed by atoms with Gasteiger partial charge in [-0.3, -0.25) is 4.90 Å². The van der Waals surface area contributed by atoms with Crippen molar-refractivity contribution in [2.24, 2.45) is 0 Å². The summed E-state index contributed by atoms with van der Waals surface area (Å²) in [5, 5.41) is 3.48. The Morgan fingerprint density at radius 2 is 1.88 bits per heavy atom. The molecule has 3 rings (SSSR count). The zero-order valence-electron chi connectivity index (χ0n) is 10.8. The molecule has 3 fully saturated rings. The Morgan fingerprint density at radius 1 is 1.18 bits per heavy atom. The molecular weight excluding hydrogens is 216 g/mol. The van der Waals surface area contributed by atoms with Crippen LogP contribution in [0.4, 0.5) is 0 Å². The molecule has 4 heteroatoms. The van der Waals surface area contributed by atoms with Gasteiger partial charge in [0.2, 0.25) is 0 Å². The normalized spacial score (nSPS) is 37.9.